The number of nitrogens with two attached hydrogens (primary N) is 1. The molecular weight excluding hydrogens is 248 g/mol. The standard InChI is InChI=1S/C17H28N2O/c1-19(17-6-4-3-5-16(17)11-18)12-14-7-9-15(10-8-14)13-20-2/h7-10,16-17H,3-6,11-13,18H2,1-2H3. The van der Waals surface area contributed by atoms with Gasteiger partial charge in [0.2, 0.25) is 0 Å². The molecule has 0 spiro atoms. The molecule has 1 aromatic rings. The number of rotatable bonds is 6. The van der Waals surface area contributed by atoms with Crippen molar-refractivity contribution in [1.29, 1.82) is 0 Å². The average molecular weight is 276 g/mol. The summed E-state index contributed by atoms with van der Waals surface area (Å²) in [5.74, 6) is 0.668. The van der Waals surface area contributed by atoms with E-state index >= 15 is 0 Å². The lowest BCUT2D eigenvalue weighted by atomic mass is 9.83. The van der Waals surface area contributed by atoms with Crippen molar-refractivity contribution in [2.75, 3.05) is 20.7 Å². The van der Waals surface area contributed by atoms with Gasteiger partial charge in [-0.1, -0.05) is 37.1 Å². The highest BCUT2D eigenvalue weighted by Gasteiger charge is 2.27. The van der Waals surface area contributed by atoms with Gasteiger partial charge in [-0.05, 0) is 43.5 Å². The maximum atomic E-state index is 5.94. The van der Waals surface area contributed by atoms with Crippen LogP contribution in [0.1, 0.15) is 36.8 Å². The largest absolute Gasteiger partial charge is 0.380 e. The molecule has 2 atom stereocenters. The van der Waals surface area contributed by atoms with Crippen LogP contribution in [-0.2, 0) is 17.9 Å². The molecule has 0 aromatic heterocycles. The summed E-state index contributed by atoms with van der Waals surface area (Å²) < 4.78 is 5.15. The lowest BCUT2D eigenvalue weighted by molar-refractivity contribution is 0.127. The quantitative estimate of drug-likeness (QED) is 0.868. The lowest BCUT2D eigenvalue weighted by Gasteiger charge is -2.37. The van der Waals surface area contributed by atoms with E-state index in [1.54, 1.807) is 7.11 Å². The summed E-state index contributed by atoms with van der Waals surface area (Å²) in [5.41, 5.74) is 8.54. The third-order valence-corrected chi connectivity index (χ3v) is 4.50. The summed E-state index contributed by atoms with van der Waals surface area (Å²) in [6, 6.07) is 9.39. The Morgan fingerprint density at radius 3 is 2.45 bits per heavy atom. The number of hydrogen-bond donors (Lipinski definition) is 1. The second kappa shape index (κ2) is 7.77. The van der Waals surface area contributed by atoms with Gasteiger partial charge in [0, 0.05) is 19.7 Å². The van der Waals surface area contributed by atoms with E-state index in [1.807, 2.05) is 0 Å². The first-order chi connectivity index (χ1) is 9.74. The van der Waals surface area contributed by atoms with E-state index in [1.165, 1.54) is 36.8 Å². The third kappa shape index (κ3) is 4.05. The SMILES string of the molecule is COCc1ccc(CN(C)C2CCCCC2CN)cc1. The molecule has 20 heavy (non-hydrogen) atoms. The second-order valence-electron chi connectivity index (χ2n) is 6.01. The Hall–Kier alpha value is -0.900. The van der Waals surface area contributed by atoms with Crippen molar-refractivity contribution in [2.24, 2.45) is 11.7 Å². The molecule has 1 aliphatic rings. The molecule has 3 heteroatoms. The fourth-order valence-electron chi connectivity index (χ4n) is 3.36. The molecule has 3 nitrogen and oxygen atoms in total. The summed E-state index contributed by atoms with van der Waals surface area (Å²) >= 11 is 0. The molecule has 2 unspecified atom stereocenters. The monoisotopic (exact) mass is 276 g/mol. The third-order valence-electron chi connectivity index (χ3n) is 4.50. The van der Waals surface area contributed by atoms with Crippen molar-refractivity contribution in [1.82, 2.24) is 4.90 Å². The van der Waals surface area contributed by atoms with E-state index in [0.29, 0.717) is 18.6 Å². The van der Waals surface area contributed by atoms with Crippen LogP contribution in [-0.4, -0.2) is 31.6 Å². The van der Waals surface area contributed by atoms with Crippen molar-refractivity contribution in [3.05, 3.63) is 35.4 Å². The fourth-order valence-corrected chi connectivity index (χ4v) is 3.36. The number of methoxy groups -OCH3 is 1. The van der Waals surface area contributed by atoms with Crippen LogP contribution >= 0.6 is 0 Å². The van der Waals surface area contributed by atoms with E-state index in [4.69, 9.17) is 10.5 Å². The highest BCUT2D eigenvalue weighted by atomic mass is 16.5. The topological polar surface area (TPSA) is 38.5 Å². The van der Waals surface area contributed by atoms with Crippen LogP contribution in [0.2, 0.25) is 0 Å². The minimum Gasteiger partial charge on any atom is -0.380 e. The van der Waals surface area contributed by atoms with Crippen molar-refractivity contribution in [3.8, 4) is 0 Å². The van der Waals surface area contributed by atoms with E-state index in [2.05, 4.69) is 36.2 Å². The van der Waals surface area contributed by atoms with E-state index in [9.17, 15) is 0 Å². The van der Waals surface area contributed by atoms with Crippen LogP contribution in [0.15, 0.2) is 24.3 Å². The Labute approximate surface area is 123 Å². The normalized spacial score (nSPS) is 23.2. The number of benzene rings is 1. The molecule has 1 saturated carbocycles. The average Bonchev–Trinajstić information content (AvgIpc) is 2.49. The van der Waals surface area contributed by atoms with Gasteiger partial charge in [0.25, 0.3) is 0 Å². The maximum Gasteiger partial charge on any atom is 0.0713 e. The molecule has 112 valence electrons. The minimum atomic E-state index is 0.646. The number of hydrogen-bond acceptors (Lipinski definition) is 3. The van der Waals surface area contributed by atoms with Gasteiger partial charge in [-0.2, -0.15) is 0 Å². The Balaban J connectivity index is 1.94. The summed E-state index contributed by atoms with van der Waals surface area (Å²) in [7, 11) is 3.97. The minimum absolute atomic E-state index is 0.646. The molecule has 2 rings (SSSR count). The first-order valence-electron chi connectivity index (χ1n) is 7.71. The predicted molar refractivity (Wildman–Crippen MR) is 83.4 cm³/mol. The molecule has 0 radical (unpaired) electrons. The van der Waals surface area contributed by atoms with Crippen LogP contribution in [0.25, 0.3) is 0 Å². The first kappa shape index (κ1) is 15.5. The second-order valence-corrected chi connectivity index (χ2v) is 6.01. The van der Waals surface area contributed by atoms with Gasteiger partial charge in [-0.3, -0.25) is 4.90 Å². The van der Waals surface area contributed by atoms with Crippen LogP contribution in [0.5, 0.6) is 0 Å². The van der Waals surface area contributed by atoms with Crippen LogP contribution in [0, 0.1) is 5.92 Å². The summed E-state index contributed by atoms with van der Waals surface area (Å²) in [5, 5.41) is 0. The molecule has 0 amide bonds. The summed E-state index contributed by atoms with van der Waals surface area (Å²) in [4.78, 5) is 2.49. The molecule has 0 saturated heterocycles. The van der Waals surface area contributed by atoms with Gasteiger partial charge in [0.05, 0.1) is 6.61 Å². The lowest BCUT2D eigenvalue weighted by Crippen LogP contribution is -2.42. The molecule has 1 fully saturated rings. The Morgan fingerprint density at radius 2 is 1.80 bits per heavy atom. The van der Waals surface area contributed by atoms with Crippen molar-refractivity contribution < 1.29 is 4.74 Å². The molecular formula is C17H28N2O. The highest BCUT2D eigenvalue weighted by molar-refractivity contribution is 5.22. The van der Waals surface area contributed by atoms with Gasteiger partial charge in [0.15, 0.2) is 0 Å². The smallest absolute Gasteiger partial charge is 0.0713 e. The van der Waals surface area contributed by atoms with E-state index in [0.717, 1.165) is 13.1 Å². The zero-order valence-electron chi connectivity index (χ0n) is 12.8. The number of nitrogens with zero attached hydrogens (tertiary/aromatic N) is 1. The molecule has 1 aliphatic carbocycles. The van der Waals surface area contributed by atoms with Gasteiger partial charge < -0.3 is 10.5 Å². The Kier molecular flexibility index (Phi) is 6.02. The van der Waals surface area contributed by atoms with E-state index < -0.39 is 0 Å². The molecule has 0 bridgehead atoms. The Morgan fingerprint density at radius 1 is 1.15 bits per heavy atom. The zero-order valence-corrected chi connectivity index (χ0v) is 12.8. The van der Waals surface area contributed by atoms with E-state index in [-0.39, 0.29) is 0 Å². The van der Waals surface area contributed by atoms with Gasteiger partial charge >= 0.3 is 0 Å². The molecule has 0 aliphatic heterocycles. The molecule has 1 aromatic carbocycles. The summed E-state index contributed by atoms with van der Waals surface area (Å²) in [6.45, 7) is 2.52. The van der Waals surface area contributed by atoms with Gasteiger partial charge in [0.1, 0.15) is 0 Å². The van der Waals surface area contributed by atoms with Gasteiger partial charge in [-0.15, -0.1) is 0 Å². The maximum absolute atomic E-state index is 5.94. The molecule has 2 N–H and O–H groups in total. The first-order valence-corrected chi connectivity index (χ1v) is 7.71. The summed E-state index contributed by atoms with van der Waals surface area (Å²) in [6.07, 6.45) is 5.27. The fraction of sp³-hybridized carbons (Fsp3) is 0.647. The number of ether oxygens (including phenoxy) is 1. The predicted octanol–water partition coefficient (Wildman–Crippen LogP) is 2.78. The van der Waals surface area contributed by atoms with Crippen LogP contribution in [0.4, 0.5) is 0 Å². The van der Waals surface area contributed by atoms with Crippen LogP contribution < -0.4 is 5.73 Å². The van der Waals surface area contributed by atoms with Gasteiger partial charge in [-0.25, -0.2) is 0 Å². The zero-order chi connectivity index (χ0) is 14.4. The van der Waals surface area contributed by atoms with Crippen LogP contribution in [0.3, 0.4) is 0 Å². The Bertz CT molecular complexity index is 390. The van der Waals surface area contributed by atoms with Crippen molar-refractivity contribution in [2.45, 2.75) is 44.9 Å². The van der Waals surface area contributed by atoms with Crippen molar-refractivity contribution >= 4 is 0 Å². The molecule has 0 heterocycles. The highest BCUT2D eigenvalue weighted by Crippen LogP contribution is 2.28. The van der Waals surface area contributed by atoms with Crippen molar-refractivity contribution in [3.63, 3.8) is 0 Å².